The van der Waals surface area contributed by atoms with E-state index in [0.717, 1.165) is 10.8 Å². The quantitative estimate of drug-likeness (QED) is 0.337. The van der Waals surface area contributed by atoms with Gasteiger partial charge in [0.25, 0.3) is 5.56 Å². The molecule has 0 fully saturated rings. The maximum Gasteiger partial charge on any atom is 0.272 e. The highest BCUT2D eigenvalue weighted by atomic mass is 16.1. The van der Waals surface area contributed by atoms with Gasteiger partial charge in [-0.25, -0.2) is 5.10 Å². The molecule has 0 unspecified atom stereocenters. The number of allylic oxidation sites excluding steroid dienone is 1. The molecular weight excluding hydrogens is 410 g/mol. The first-order valence-electron chi connectivity index (χ1n) is 10.0. The minimum Gasteiger partial charge on any atom is -0.404 e. The summed E-state index contributed by atoms with van der Waals surface area (Å²) in [5.74, 6) is 0. The second-order valence-corrected chi connectivity index (χ2v) is 7.57. The van der Waals surface area contributed by atoms with Gasteiger partial charge in [0.15, 0.2) is 0 Å². The Morgan fingerprint density at radius 1 is 1.15 bits per heavy atom. The lowest BCUT2D eigenvalue weighted by molar-refractivity contribution is 0.820. The zero-order chi connectivity index (χ0) is 23.8. The molecule has 0 bridgehead atoms. The van der Waals surface area contributed by atoms with Crippen LogP contribution in [0.2, 0.25) is 0 Å². The van der Waals surface area contributed by atoms with Gasteiger partial charge in [-0.15, -0.1) is 0 Å². The fourth-order valence-electron chi connectivity index (χ4n) is 3.95. The molecule has 0 aliphatic carbocycles. The second kappa shape index (κ2) is 8.41. The van der Waals surface area contributed by atoms with Gasteiger partial charge in [0.1, 0.15) is 6.07 Å². The summed E-state index contributed by atoms with van der Waals surface area (Å²) in [5, 5.41) is 16.9. The summed E-state index contributed by atoms with van der Waals surface area (Å²) >= 11 is 0. The Labute approximate surface area is 192 Å². The molecular formula is C24H18B2N6O. The SMILES string of the molecule is [B]C([B])(N)c1n[nH]c(=O)c2ccc(C(=CN)C(=NC)c3ccc4ccccc4c3C#N)cc12. The first kappa shape index (κ1) is 22.1. The van der Waals surface area contributed by atoms with Gasteiger partial charge >= 0.3 is 0 Å². The van der Waals surface area contributed by atoms with Gasteiger partial charge in [0, 0.05) is 35.2 Å². The molecule has 0 saturated heterocycles. The van der Waals surface area contributed by atoms with Crippen molar-refractivity contribution in [3.8, 4) is 6.07 Å². The molecule has 4 radical (unpaired) electrons. The van der Waals surface area contributed by atoms with Crippen LogP contribution in [-0.4, -0.2) is 38.6 Å². The minimum atomic E-state index is -1.78. The van der Waals surface area contributed by atoms with Gasteiger partial charge < -0.3 is 11.5 Å². The number of nitriles is 1. The van der Waals surface area contributed by atoms with Crippen LogP contribution in [0.1, 0.15) is 22.4 Å². The van der Waals surface area contributed by atoms with Crippen molar-refractivity contribution in [1.29, 1.82) is 5.26 Å². The summed E-state index contributed by atoms with van der Waals surface area (Å²) < 4.78 is 0. The van der Waals surface area contributed by atoms with Crippen LogP contribution in [0.4, 0.5) is 0 Å². The smallest absolute Gasteiger partial charge is 0.272 e. The lowest BCUT2D eigenvalue weighted by atomic mass is 9.60. The Hall–Kier alpha value is -4.15. The van der Waals surface area contributed by atoms with Crippen LogP contribution in [0.3, 0.4) is 0 Å². The summed E-state index contributed by atoms with van der Waals surface area (Å²) in [4.78, 5) is 16.7. The molecule has 0 aliphatic heterocycles. The molecule has 9 heteroatoms. The number of H-pyrrole nitrogens is 1. The maximum atomic E-state index is 12.3. The third-order valence-corrected chi connectivity index (χ3v) is 5.45. The number of hydrogen-bond acceptors (Lipinski definition) is 6. The summed E-state index contributed by atoms with van der Waals surface area (Å²) in [6.45, 7) is 0. The summed E-state index contributed by atoms with van der Waals surface area (Å²) in [5.41, 5.74) is 14.4. The third kappa shape index (κ3) is 3.81. The highest BCUT2D eigenvalue weighted by Gasteiger charge is 2.22. The van der Waals surface area contributed by atoms with Crippen molar-refractivity contribution in [2.45, 2.75) is 5.34 Å². The fraction of sp³-hybridized carbons (Fsp3) is 0.0833. The van der Waals surface area contributed by atoms with Gasteiger partial charge in [0.2, 0.25) is 0 Å². The molecule has 33 heavy (non-hydrogen) atoms. The molecule has 1 heterocycles. The summed E-state index contributed by atoms with van der Waals surface area (Å²) in [7, 11) is 13.4. The molecule has 0 saturated carbocycles. The zero-order valence-corrected chi connectivity index (χ0v) is 17.8. The molecule has 4 rings (SSSR count). The van der Waals surface area contributed by atoms with Crippen molar-refractivity contribution in [2.75, 3.05) is 7.05 Å². The Kier molecular flexibility index (Phi) is 5.62. The van der Waals surface area contributed by atoms with Crippen LogP contribution in [0.15, 0.2) is 70.6 Å². The monoisotopic (exact) mass is 428 g/mol. The van der Waals surface area contributed by atoms with E-state index < -0.39 is 10.9 Å². The van der Waals surface area contributed by atoms with Crippen molar-refractivity contribution < 1.29 is 0 Å². The van der Waals surface area contributed by atoms with Crippen molar-refractivity contribution in [3.63, 3.8) is 0 Å². The van der Waals surface area contributed by atoms with E-state index >= 15 is 0 Å². The first-order valence-corrected chi connectivity index (χ1v) is 10.0. The average molecular weight is 428 g/mol. The second-order valence-electron chi connectivity index (χ2n) is 7.57. The van der Waals surface area contributed by atoms with E-state index in [2.05, 4.69) is 21.3 Å². The van der Waals surface area contributed by atoms with E-state index in [1.807, 2.05) is 36.4 Å². The van der Waals surface area contributed by atoms with Gasteiger partial charge in [-0.1, -0.05) is 42.5 Å². The predicted molar refractivity (Wildman–Crippen MR) is 133 cm³/mol. The summed E-state index contributed by atoms with van der Waals surface area (Å²) in [6.07, 6.45) is 1.40. The molecule has 0 atom stereocenters. The van der Waals surface area contributed by atoms with Gasteiger partial charge in [0.05, 0.1) is 38.0 Å². The number of hydrogen-bond donors (Lipinski definition) is 3. The molecule has 1 aromatic heterocycles. The van der Waals surface area contributed by atoms with Crippen LogP contribution in [0.25, 0.3) is 27.1 Å². The standard InChI is InChI=1S/C24H18B2N6O/c1-30-21(16-8-6-13-4-2-3-5-15(13)20(16)12-28)19(11-27)14-7-9-17-18(10-14)22(24(25,26)29)31-32-23(17)33/h2-11H,27,29H2,1H3,(H,32,33). The lowest BCUT2D eigenvalue weighted by Gasteiger charge is -2.21. The van der Waals surface area contributed by atoms with Crippen molar-refractivity contribution in [3.05, 3.63) is 93.5 Å². The van der Waals surface area contributed by atoms with Crippen LogP contribution < -0.4 is 17.0 Å². The Bertz CT molecular complexity index is 1560. The highest BCUT2D eigenvalue weighted by molar-refractivity contribution is 6.40. The third-order valence-electron chi connectivity index (χ3n) is 5.45. The van der Waals surface area contributed by atoms with Crippen LogP contribution in [0, 0.1) is 11.3 Å². The normalized spacial score (nSPS) is 12.8. The van der Waals surface area contributed by atoms with E-state index in [1.54, 1.807) is 25.2 Å². The topological polar surface area (TPSA) is 134 Å². The van der Waals surface area contributed by atoms with Crippen LogP contribution in [0.5, 0.6) is 0 Å². The molecule has 3 aromatic carbocycles. The van der Waals surface area contributed by atoms with Gasteiger partial charge in [-0.05, 0) is 28.4 Å². The number of fused-ring (bicyclic) bond motifs is 2. The van der Waals surface area contributed by atoms with Crippen molar-refractivity contribution in [2.24, 2.45) is 16.5 Å². The Morgan fingerprint density at radius 2 is 1.91 bits per heavy atom. The van der Waals surface area contributed by atoms with Crippen LogP contribution >= 0.6 is 0 Å². The van der Waals surface area contributed by atoms with E-state index in [0.29, 0.717) is 38.7 Å². The number of aliphatic imine (C=N–C) groups is 1. The number of rotatable bonds is 4. The largest absolute Gasteiger partial charge is 0.404 e. The number of benzene rings is 3. The molecule has 0 spiro atoms. The molecule has 156 valence electrons. The lowest BCUT2D eigenvalue weighted by Crippen LogP contribution is -2.39. The minimum absolute atomic E-state index is 0.119. The molecule has 0 amide bonds. The Balaban J connectivity index is 1.95. The zero-order valence-electron chi connectivity index (χ0n) is 17.8. The number of nitrogens with one attached hydrogen (secondary N) is 1. The van der Waals surface area contributed by atoms with E-state index in [1.165, 1.54) is 6.20 Å². The average Bonchev–Trinajstić information content (AvgIpc) is 2.81. The van der Waals surface area contributed by atoms with Gasteiger partial charge in [-0.3, -0.25) is 9.79 Å². The number of aromatic amines is 1. The van der Waals surface area contributed by atoms with E-state index in [4.69, 9.17) is 27.2 Å². The van der Waals surface area contributed by atoms with Crippen LogP contribution in [-0.2, 0) is 5.34 Å². The maximum absolute atomic E-state index is 12.3. The molecule has 5 N–H and O–H groups in total. The first-order chi connectivity index (χ1) is 15.8. The molecule has 7 nitrogen and oxygen atoms in total. The molecule has 0 aliphatic rings. The fourth-order valence-corrected chi connectivity index (χ4v) is 3.95. The predicted octanol–water partition coefficient (Wildman–Crippen LogP) is 1.77. The highest BCUT2D eigenvalue weighted by Crippen LogP contribution is 2.29. The van der Waals surface area contributed by atoms with Crippen molar-refractivity contribution in [1.82, 2.24) is 10.2 Å². The summed E-state index contributed by atoms with van der Waals surface area (Å²) in [6, 6.07) is 18.7. The molecule has 4 aromatic rings. The Morgan fingerprint density at radius 3 is 2.58 bits per heavy atom. The number of nitrogens with two attached hydrogens (primary N) is 2. The van der Waals surface area contributed by atoms with Crippen molar-refractivity contribution >= 4 is 48.5 Å². The number of nitrogens with zero attached hydrogens (tertiary/aromatic N) is 3. The number of aromatic nitrogens is 2. The van der Waals surface area contributed by atoms with Gasteiger partial charge in [-0.2, -0.15) is 10.4 Å². The van der Waals surface area contributed by atoms with E-state index in [9.17, 15) is 10.1 Å². The van der Waals surface area contributed by atoms with E-state index in [-0.39, 0.29) is 5.69 Å².